The molecular formula is C10H9NOSe. The van der Waals surface area contributed by atoms with Crippen molar-refractivity contribution >= 4 is 30.1 Å². The first-order valence-corrected chi connectivity index (χ1v) is 5.81. The van der Waals surface area contributed by atoms with Crippen LogP contribution in [0.25, 0.3) is 9.78 Å². The van der Waals surface area contributed by atoms with Crippen molar-refractivity contribution in [2.45, 2.75) is 13.3 Å². The Morgan fingerprint density at radius 3 is 2.92 bits per heavy atom. The van der Waals surface area contributed by atoms with E-state index < -0.39 is 0 Å². The number of fused-ring (bicyclic) bond motifs is 1. The van der Waals surface area contributed by atoms with Crippen molar-refractivity contribution < 1.29 is 4.79 Å². The van der Waals surface area contributed by atoms with E-state index in [2.05, 4.69) is 11.1 Å². The molecule has 0 unspecified atom stereocenters. The summed E-state index contributed by atoms with van der Waals surface area (Å²) in [5, 5.41) is 0. The second-order valence-electron chi connectivity index (χ2n) is 2.95. The van der Waals surface area contributed by atoms with Gasteiger partial charge in [0.2, 0.25) is 0 Å². The van der Waals surface area contributed by atoms with Crippen LogP contribution >= 0.6 is 0 Å². The van der Waals surface area contributed by atoms with Gasteiger partial charge in [-0.05, 0) is 0 Å². The predicted molar refractivity (Wildman–Crippen MR) is 53.1 cm³/mol. The van der Waals surface area contributed by atoms with Gasteiger partial charge in [0.25, 0.3) is 0 Å². The molecule has 1 heterocycles. The summed E-state index contributed by atoms with van der Waals surface area (Å²) in [7, 11) is 0. The van der Waals surface area contributed by atoms with Gasteiger partial charge >= 0.3 is 82.0 Å². The van der Waals surface area contributed by atoms with Crippen molar-refractivity contribution in [3.05, 3.63) is 28.8 Å². The maximum absolute atomic E-state index is 10.9. The SMILES string of the molecule is CC(=O)Cc1nc2ccccc2[se]1. The van der Waals surface area contributed by atoms with Crippen LogP contribution in [0.2, 0.25) is 0 Å². The van der Waals surface area contributed by atoms with Gasteiger partial charge in [0.1, 0.15) is 0 Å². The molecule has 0 saturated heterocycles. The molecule has 0 aliphatic rings. The van der Waals surface area contributed by atoms with Gasteiger partial charge in [-0.2, -0.15) is 0 Å². The Bertz CT molecular complexity index is 414. The van der Waals surface area contributed by atoms with Crippen LogP contribution in [-0.2, 0) is 11.2 Å². The topological polar surface area (TPSA) is 30.0 Å². The molecule has 0 saturated carbocycles. The number of aromatic nitrogens is 1. The van der Waals surface area contributed by atoms with Gasteiger partial charge in [0.05, 0.1) is 0 Å². The van der Waals surface area contributed by atoms with Crippen molar-refractivity contribution in [3.8, 4) is 0 Å². The number of nitrogens with zero attached hydrogens (tertiary/aromatic N) is 1. The van der Waals surface area contributed by atoms with E-state index in [1.165, 1.54) is 4.26 Å². The van der Waals surface area contributed by atoms with E-state index in [-0.39, 0.29) is 20.3 Å². The Kier molecular flexibility index (Phi) is 2.30. The zero-order valence-electron chi connectivity index (χ0n) is 7.28. The average Bonchev–Trinajstić information content (AvgIpc) is 2.44. The second-order valence-corrected chi connectivity index (χ2v) is 5.29. The zero-order chi connectivity index (χ0) is 9.26. The summed E-state index contributed by atoms with van der Waals surface area (Å²) in [4.78, 5) is 15.3. The molecule has 2 rings (SSSR count). The molecule has 2 nitrogen and oxygen atoms in total. The first kappa shape index (κ1) is 8.67. The monoisotopic (exact) mass is 239 g/mol. The average molecular weight is 238 g/mol. The molecule has 2 aromatic rings. The summed E-state index contributed by atoms with van der Waals surface area (Å²) in [6.07, 6.45) is 0.523. The standard InChI is InChI=1S/C10H9NOSe/c1-7(12)6-10-11-8-4-2-3-5-9(8)13-10/h2-5H,6H2,1H3. The van der Waals surface area contributed by atoms with Gasteiger partial charge in [-0.3, -0.25) is 0 Å². The van der Waals surface area contributed by atoms with Gasteiger partial charge in [0, 0.05) is 0 Å². The number of Topliss-reactive ketones (excluding diaryl/α,β-unsaturated/α-hetero) is 1. The molecule has 0 radical (unpaired) electrons. The summed E-state index contributed by atoms with van der Waals surface area (Å²) < 4.78 is 2.35. The zero-order valence-corrected chi connectivity index (χ0v) is 8.99. The fourth-order valence-corrected chi connectivity index (χ4v) is 3.39. The maximum atomic E-state index is 10.9. The van der Waals surface area contributed by atoms with Crippen molar-refractivity contribution in [2.24, 2.45) is 0 Å². The Labute approximate surface area is 82.3 Å². The number of para-hydroxylation sites is 1. The Balaban J connectivity index is 2.44. The van der Waals surface area contributed by atoms with E-state index in [1.807, 2.05) is 18.2 Å². The molecular weight excluding hydrogens is 229 g/mol. The van der Waals surface area contributed by atoms with Crippen molar-refractivity contribution in [3.63, 3.8) is 0 Å². The second kappa shape index (κ2) is 3.44. The van der Waals surface area contributed by atoms with Crippen LogP contribution in [0, 0.1) is 0 Å². The minimum atomic E-state index is 0.202. The molecule has 66 valence electrons. The van der Waals surface area contributed by atoms with Crippen molar-refractivity contribution in [1.29, 1.82) is 0 Å². The first-order valence-electron chi connectivity index (χ1n) is 4.09. The first-order chi connectivity index (χ1) is 6.25. The van der Waals surface area contributed by atoms with Crippen LogP contribution in [0.15, 0.2) is 24.3 Å². The molecule has 0 amide bonds. The van der Waals surface area contributed by atoms with Gasteiger partial charge in [-0.1, -0.05) is 0 Å². The minimum absolute atomic E-state index is 0.202. The van der Waals surface area contributed by atoms with E-state index in [0.717, 1.165) is 10.1 Å². The Hall–Kier alpha value is -0.921. The summed E-state index contributed by atoms with van der Waals surface area (Å²) in [5.74, 6) is 0.202. The molecule has 1 aromatic heterocycles. The van der Waals surface area contributed by atoms with Crippen LogP contribution < -0.4 is 0 Å². The molecule has 0 atom stereocenters. The quantitative estimate of drug-likeness (QED) is 0.741. The van der Waals surface area contributed by atoms with Crippen LogP contribution in [0.4, 0.5) is 0 Å². The number of ketones is 1. The van der Waals surface area contributed by atoms with E-state index in [4.69, 9.17) is 0 Å². The fraction of sp³-hybridized carbons (Fsp3) is 0.200. The number of benzene rings is 1. The third-order valence-electron chi connectivity index (χ3n) is 1.74. The predicted octanol–water partition coefficient (Wildman–Crippen LogP) is 1.42. The summed E-state index contributed by atoms with van der Waals surface area (Å²) in [5.41, 5.74) is 1.05. The van der Waals surface area contributed by atoms with E-state index in [0.29, 0.717) is 6.42 Å². The number of hydrogen-bond donors (Lipinski definition) is 0. The molecule has 13 heavy (non-hydrogen) atoms. The van der Waals surface area contributed by atoms with Gasteiger partial charge in [0.15, 0.2) is 0 Å². The Morgan fingerprint density at radius 1 is 1.46 bits per heavy atom. The summed E-state index contributed by atoms with van der Waals surface area (Å²) >= 11 is 0.280. The molecule has 3 heteroatoms. The van der Waals surface area contributed by atoms with Crippen LogP contribution in [0.5, 0.6) is 0 Å². The number of rotatable bonds is 2. The summed E-state index contributed by atoms with van der Waals surface area (Å²) in [6.45, 7) is 1.61. The van der Waals surface area contributed by atoms with Crippen LogP contribution in [0.3, 0.4) is 0 Å². The summed E-state index contributed by atoms with van der Waals surface area (Å²) in [6, 6.07) is 8.10. The molecule has 0 spiro atoms. The van der Waals surface area contributed by atoms with Gasteiger partial charge in [-0.15, -0.1) is 0 Å². The van der Waals surface area contributed by atoms with Crippen LogP contribution in [0.1, 0.15) is 11.5 Å². The number of carbonyl (C=O) groups excluding carboxylic acids is 1. The van der Waals surface area contributed by atoms with Gasteiger partial charge in [-0.25, -0.2) is 0 Å². The number of carbonyl (C=O) groups is 1. The molecule has 0 fully saturated rings. The third kappa shape index (κ3) is 1.87. The molecule has 0 N–H and O–H groups in total. The molecule has 0 aliphatic heterocycles. The third-order valence-corrected chi connectivity index (χ3v) is 3.91. The molecule has 1 aromatic carbocycles. The number of hydrogen-bond acceptors (Lipinski definition) is 2. The van der Waals surface area contributed by atoms with E-state index in [9.17, 15) is 4.79 Å². The van der Waals surface area contributed by atoms with Gasteiger partial charge < -0.3 is 0 Å². The Morgan fingerprint density at radius 2 is 2.23 bits per heavy atom. The van der Waals surface area contributed by atoms with Crippen LogP contribution in [-0.4, -0.2) is 25.3 Å². The fourth-order valence-electron chi connectivity index (χ4n) is 1.21. The molecule has 0 aliphatic carbocycles. The van der Waals surface area contributed by atoms with Crippen molar-refractivity contribution in [1.82, 2.24) is 4.98 Å². The van der Waals surface area contributed by atoms with E-state index in [1.54, 1.807) is 6.92 Å². The van der Waals surface area contributed by atoms with Crippen molar-refractivity contribution in [2.75, 3.05) is 0 Å². The molecule has 0 bridgehead atoms. The normalized spacial score (nSPS) is 10.5. The van der Waals surface area contributed by atoms with E-state index >= 15 is 0 Å².